The summed E-state index contributed by atoms with van der Waals surface area (Å²) in [5.74, 6) is -1.35. The summed E-state index contributed by atoms with van der Waals surface area (Å²) in [6.45, 7) is 0. The van der Waals surface area contributed by atoms with Crippen molar-refractivity contribution in [2.45, 2.75) is 6.42 Å². The number of imide groups is 1. The van der Waals surface area contributed by atoms with Crippen molar-refractivity contribution < 1.29 is 19.5 Å². The van der Waals surface area contributed by atoms with Crippen molar-refractivity contribution in [1.82, 2.24) is 10.2 Å². The highest BCUT2D eigenvalue weighted by atomic mass is 35.5. The Morgan fingerprint density at radius 2 is 1.95 bits per heavy atom. The van der Waals surface area contributed by atoms with Crippen LogP contribution in [0, 0.1) is 0 Å². The fraction of sp³-hybridized carbons (Fsp3) is 0.214. The van der Waals surface area contributed by atoms with Crippen LogP contribution in [0.4, 0.5) is 4.79 Å². The molecule has 6 nitrogen and oxygen atoms in total. The van der Waals surface area contributed by atoms with Gasteiger partial charge in [-0.2, -0.15) is 0 Å². The van der Waals surface area contributed by atoms with Gasteiger partial charge in [0.1, 0.15) is 5.70 Å². The number of urea groups is 1. The molecule has 1 heterocycles. The number of carbonyl (C=O) groups is 3. The molecule has 116 valence electrons. The number of aliphatic carboxylic acids is 1. The maximum absolute atomic E-state index is 12.1. The van der Waals surface area contributed by atoms with Gasteiger partial charge in [0.2, 0.25) is 5.91 Å². The summed E-state index contributed by atoms with van der Waals surface area (Å²) in [5.41, 5.74) is 0.471. The second-order valence-electron chi connectivity index (χ2n) is 4.48. The number of carboxylic acid groups (broad SMARTS) is 1. The Kier molecular flexibility index (Phi) is 5.46. The number of nitrogens with zero attached hydrogens (tertiary/aromatic N) is 1. The highest BCUT2D eigenvalue weighted by Crippen LogP contribution is 2.27. The van der Waals surface area contributed by atoms with E-state index in [1.54, 1.807) is 24.3 Å². The first-order chi connectivity index (χ1) is 10.5. The molecule has 0 bridgehead atoms. The molecular weight excluding hydrogens is 328 g/mol. The van der Waals surface area contributed by atoms with Gasteiger partial charge in [-0.25, -0.2) is 9.59 Å². The van der Waals surface area contributed by atoms with Crippen LogP contribution < -0.4 is 5.32 Å². The lowest BCUT2D eigenvalue weighted by Crippen LogP contribution is -2.45. The molecule has 0 fully saturated rings. The van der Waals surface area contributed by atoms with Crippen LogP contribution in [0.1, 0.15) is 5.56 Å². The number of amides is 3. The zero-order chi connectivity index (χ0) is 16.1. The highest BCUT2D eigenvalue weighted by molar-refractivity contribution is 7.99. The molecule has 1 aromatic carbocycles. The van der Waals surface area contributed by atoms with E-state index in [1.165, 1.54) is 11.8 Å². The SMILES string of the molecule is O=C(Cc1ccccc1)NC(=O)N1CSCC(Cl)=C1C(=O)O. The Hall–Kier alpha value is -1.99. The fourth-order valence-corrected chi connectivity index (χ4v) is 3.16. The van der Waals surface area contributed by atoms with Gasteiger partial charge in [-0.15, -0.1) is 11.8 Å². The van der Waals surface area contributed by atoms with Crippen LogP contribution >= 0.6 is 23.4 Å². The van der Waals surface area contributed by atoms with E-state index < -0.39 is 17.9 Å². The number of halogens is 1. The topological polar surface area (TPSA) is 86.7 Å². The summed E-state index contributed by atoms with van der Waals surface area (Å²) < 4.78 is 0. The van der Waals surface area contributed by atoms with Crippen molar-refractivity contribution in [1.29, 1.82) is 0 Å². The largest absolute Gasteiger partial charge is 0.477 e. The van der Waals surface area contributed by atoms with E-state index in [-0.39, 0.29) is 23.0 Å². The smallest absolute Gasteiger partial charge is 0.353 e. The van der Waals surface area contributed by atoms with Crippen molar-refractivity contribution in [3.8, 4) is 0 Å². The van der Waals surface area contributed by atoms with E-state index in [0.29, 0.717) is 5.75 Å². The number of hydrogen-bond donors (Lipinski definition) is 2. The number of thioether (sulfide) groups is 1. The van der Waals surface area contributed by atoms with Gasteiger partial charge < -0.3 is 5.11 Å². The van der Waals surface area contributed by atoms with E-state index in [4.69, 9.17) is 16.7 Å². The molecule has 22 heavy (non-hydrogen) atoms. The van der Waals surface area contributed by atoms with Crippen LogP contribution in [0.2, 0.25) is 0 Å². The lowest BCUT2D eigenvalue weighted by Gasteiger charge is -2.27. The standard InChI is InChI=1S/C14H13ClN2O4S/c15-10-7-22-8-17(12(10)13(19)20)14(21)16-11(18)6-9-4-2-1-3-5-9/h1-5H,6-8H2,(H,19,20)(H,16,18,21). The quantitative estimate of drug-likeness (QED) is 0.879. The van der Waals surface area contributed by atoms with Crippen LogP contribution in [0.5, 0.6) is 0 Å². The minimum absolute atomic E-state index is 0.0351. The summed E-state index contributed by atoms with van der Waals surface area (Å²) in [6.07, 6.45) is 0.0351. The molecule has 0 saturated heterocycles. The van der Waals surface area contributed by atoms with Gasteiger partial charge in [-0.1, -0.05) is 41.9 Å². The second kappa shape index (κ2) is 7.33. The summed E-state index contributed by atoms with van der Waals surface area (Å²) in [7, 11) is 0. The maximum atomic E-state index is 12.1. The maximum Gasteiger partial charge on any atom is 0.353 e. The molecular formula is C14H13ClN2O4S. The monoisotopic (exact) mass is 340 g/mol. The summed E-state index contributed by atoms with van der Waals surface area (Å²) >= 11 is 7.15. The molecule has 0 unspecified atom stereocenters. The first-order valence-electron chi connectivity index (χ1n) is 6.34. The number of hydrogen-bond acceptors (Lipinski definition) is 4. The van der Waals surface area contributed by atoms with Crippen molar-refractivity contribution in [3.63, 3.8) is 0 Å². The molecule has 0 atom stereocenters. The van der Waals surface area contributed by atoms with Crippen LogP contribution in [0.15, 0.2) is 41.1 Å². The summed E-state index contributed by atoms with van der Waals surface area (Å²) in [4.78, 5) is 36.1. The van der Waals surface area contributed by atoms with Crippen LogP contribution in [-0.2, 0) is 16.0 Å². The first kappa shape index (κ1) is 16.4. The molecule has 0 spiro atoms. The van der Waals surface area contributed by atoms with Gasteiger partial charge >= 0.3 is 12.0 Å². The second-order valence-corrected chi connectivity index (χ2v) is 5.89. The van der Waals surface area contributed by atoms with Crippen molar-refractivity contribution in [3.05, 3.63) is 46.6 Å². The molecule has 0 saturated carbocycles. The molecule has 2 N–H and O–H groups in total. The Balaban J connectivity index is 2.03. The van der Waals surface area contributed by atoms with Crippen LogP contribution in [-0.4, -0.2) is 39.5 Å². The molecule has 0 aromatic heterocycles. The first-order valence-corrected chi connectivity index (χ1v) is 7.87. The van der Waals surface area contributed by atoms with E-state index in [9.17, 15) is 14.4 Å². The van der Waals surface area contributed by atoms with Gasteiger partial charge in [-0.3, -0.25) is 15.0 Å². The van der Waals surface area contributed by atoms with E-state index >= 15 is 0 Å². The highest BCUT2D eigenvalue weighted by Gasteiger charge is 2.30. The van der Waals surface area contributed by atoms with E-state index in [1.807, 2.05) is 6.07 Å². The molecule has 2 rings (SSSR count). The minimum atomic E-state index is -1.30. The minimum Gasteiger partial charge on any atom is -0.477 e. The zero-order valence-electron chi connectivity index (χ0n) is 11.4. The third kappa shape index (κ3) is 4.02. The predicted octanol–water partition coefficient (Wildman–Crippen LogP) is 2.01. The van der Waals surface area contributed by atoms with E-state index in [0.717, 1.165) is 10.5 Å². The van der Waals surface area contributed by atoms with Crippen molar-refractivity contribution in [2.24, 2.45) is 0 Å². The molecule has 1 aliphatic rings. The molecule has 3 amide bonds. The average Bonchev–Trinajstić information content (AvgIpc) is 2.47. The van der Waals surface area contributed by atoms with Crippen LogP contribution in [0.3, 0.4) is 0 Å². The zero-order valence-corrected chi connectivity index (χ0v) is 13.0. The van der Waals surface area contributed by atoms with Gasteiger partial charge in [0.05, 0.1) is 17.3 Å². The molecule has 0 radical (unpaired) electrons. The Bertz CT molecular complexity index is 633. The fourth-order valence-electron chi connectivity index (χ4n) is 1.91. The third-order valence-electron chi connectivity index (χ3n) is 2.88. The molecule has 8 heteroatoms. The molecule has 1 aromatic rings. The molecule has 1 aliphatic heterocycles. The average molecular weight is 341 g/mol. The van der Waals surface area contributed by atoms with Crippen molar-refractivity contribution in [2.75, 3.05) is 11.6 Å². The summed E-state index contributed by atoms with van der Waals surface area (Å²) in [6, 6.07) is 8.14. The number of benzene rings is 1. The number of nitrogens with one attached hydrogen (secondary N) is 1. The third-order valence-corrected chi connectivity index (χ3v) is 4.28. The lowest BCUT2D eigenvalue weighted by molar-refractivity contribution is -0.134. The number of carboxylic acids is 1. The Morgan fingerprint density at radius 1 is 1.27 bits per heavy atom. The van der Waals surface area contributed by atoms with Gasteiger partial charge in [0, 0.05) is 5.75 Å². The van der Waals surface area contributed by atoms with E-state index in [2.05, 4.69) is 5.32 Å². The van der Waals surface area contributed by atoms with Gasteiger partial charge in [-0.05, 0) is 5.56 Å². The predicted molar refractivity (Wildman–Crippen MR) is 83.4 cm³/mol. The molecule has 0 aliphatic carbocycles. The number of carbonyl (C=O) groups excluding carboxylic acids is 2. The van der Waals surface area contributed by atoms with Crippen LogP contribution in [0.25, 0.3) is 0 Å². The summed E-state index contributed by atoms with van der Waals surface area (Å²) in [5, 5.41) is 11.4. The van der Waals surface area contributed by atoms with Gasteiger partial charge in [0.15, 0.2) is 0 Å². The Morgan fingerprint density at radius 3 is 2.59 bits per heavy atom. The van der Waals surface area contributed by atoms with Gasteiger partial charge in [0.25, 0.3) is 0 Å². The number of rotatable bonds is 3. The van der Waals surface area contributed by atoms with Crippen molar-refractivity contribution >= 4 is 41.3 Å². The Labute approximate surface area is 136 Å². The lowest BCUT2D eigenvalue weighted by atomic mass is 10.1. The normalized spacial score (nSPS) is 14.7.